The lowest BCUT2D eigenvalue weighted by Crippen LogP contribution is -2.51. The summed E-state index contributed by atoms with van der Waals surface area (Å²) in [5.41, 5.74) is 0.0653. The lowest BCUT2D eigenvalue weighted by atomic mass is 9.86. The molecule has 0 bridgehead atoms. The summed E-state index contributed by atoms with van der Waals surface area (Å²) >= 11 is 0. The Hall–Kier alpha value is -1.66. The second kappa shape index (κ2) is 7.70. The van der Waals surface area contributed by atoms with Gasteiger partial charge in [0.25, 0.3) is 0 Å². The van der Waals surface area contributed by atoms with Gasteiger partial charge in [-0.05, 0) is 18.6 Å². The third-order valence-electron chi connectivity index (χ3n) is 5.29. The number of benzene rings is 1. The van der Waals surface area contributed by atoms with Crippen molar-refractivity contribution in [3.63, 3.8) is 0 Å². The topological polar surface area (TPSA) is 43.9 Å². The van der Waals surface area contributed by atoms with E-state index in [1.54, 1.807) is 12.1 Å². The average Bonchev–Trinajstić information content (AvgIpc) is 2.80. The first-order valence-corrected chi connectivity index (χ1v) is 8.51. The number of hydrogen-bond acceptors (Lipinski definition) is 4. The van der Waals surface area contributed by atoms with Crippen LogP contribution < -0.4 is 4.90 Å². The van der Waals surface area contributed by atoms with Gasteiger partial charge in [-0.15, -0.1) is 12.4 Å². The van der Waals surface area contributed by atoms with Crippen molar-refractivity contribution in [2.45, 2.75) is 26.7 Å². The molecule has 3 rings (SSSR count). The lowest BCUT2D eigenvalue weighted by Gasteiger charge is -2.37. The molecule has 2 saturated heterocycles. The molecule has 0 N–H and O–H groups in total. The molecule has 0 radical (unpaired) electrons. The predicted molar refractivity (Wildman–Crippen MR) is 97.2 cm³/mol. The molecule has 0 spiro atoms. The maximum Gasteiger partial charge on any atom is 0.236 e. The zero-order valence-corrected chi connectivity index (χ0v) is 15.5. The van der Waals surface area contributed by atoms with Crippen LogP contribution in [-0.2, 0) is 9.59 Å². The van der Waals surface area contributed by atoms with Gasteiger partial charge in [-0.3, -0.25) is 19.4 Å². The van der Waals surface area contributed by atoms with E-state index in [-0.39, 0.29) is 30.0 Å². The number of amides is 2. The van der Waals surface area contributed by atoms with Gasteiger partial charge in [-0.1, -0.05) is 26.0 Å². The summed E-state index contributed by atoms with van der Waals surface area (Å²) in [6.45, 7) is 6.93. The Morgan fingerprint density at radius 2 is 1.76 bits per heavy atom. The Morgan fingerprint density at radius 1 is 1.12 bits per heavy atom. The first-order valence-electron chi connectivity index (χ1n) is 8.51. The van der Waals surface area contributed by atoms with Crippen molar-refractivity contribution in [3.05, 3.63) is 30.1 Å². The minimum absolute atomic E-state index is 0. The monoisotopic (exact) mass is 369 g/mol. The maximum absolute atomic E-state index is 13.9. The molecule has 0 saturated carbocycles. The van der Waals surface area contributed by atoms with Crippen molar-refractivity contribution in [2.75, 3.05) is 37.7 Å². The van der Waals surface area contributed by atoms with E-state index in [2.05, 4.69) is 4.90 Å². The van der Waals surface area contributed by atoms with Crippen LogP contribution in [0.25, 0.3) is 0 Å². The molecule has 0 aromatic heterocycles. The molecule has 1 atom stereocenters. The summed E-state index contributed by atoms with van der Waals surface area (Å²) in [6, 6.07) is 6.77. The molecule has 2 fully saturated rings. The molecule has 7 heteroatoms. The summed E-state index contributed by atoms with van der Waals surface area (Å²) < 4.78 is 13.9. The van der Waals surface area contributed by atoms with Crippen molar-refractivity contribution in [1.29, 1.82) is 0 Å². The van der Waals surface area contributed by atoms with E-state index in [0.29, 0.717) is 51.4 Å². The SMILES string of the molecule is CCC1(C)CC(=O)N(CN2CCN(c3ccccc3F)CC2)C1=O.Cl. The normalized spacial score (nSPS) is 24.6. The van der Waals surface area contributed by atoms with Gasteiger partial charge in [-0.2, -0.15) is 0 Å². The van der Waals surface area contributed by atoms with Crippen LogP contribution in [0.5, 0.6) is 0 Å². The van der Waals surface area contributed by atoms with Gasteiger partial charge in [0.2, 0.25) is 11.8 Å². The Kier molecular flexibility index (Phi) is 6.06. The second-order valence-corrected chi connectivity index (χ2v) is 6.92. The fourth-order valence-corrected chi connectivity index (χ4v) is 3.40. The van der Waals surface area contributed by atoms with Crippen LogP contribution in [0, 0.1) is 11.2 Å². The molecule has 2 aliphatic rings. The van der Waals surface area contributed by atoms with Crippen molar-refractivity contribution < 1.29 is 14.0 Å². The number of rotatable bonds is 4. The smallest absolute Gasteiger partial charge is 0.236 e. The minimum atomic E-state index is -0.550. The van der Waals surface area contributed by atoms with E-state index >= 15 is 0 Å². The van der Waals surface area contributed by atoms with Gasteiger partial charge in [0.05, 0.1) is 17.8 Å². The zero-order chi connectivity index (χ0) is 17.3. The molecule has 1 aromatic rings. The van der Waals surface area contributed by atoms with Gasteiger partial charge in [0.1, 0.15) is 5.82 Å². The van der Waals surface area contributed by atoms with Gasteiger partial charge < -0.3 is 4.90 Å². The van der Waals surface area contributed by atoms with E-state index in [1.165, 1.54) is 11.0 Å². The number of para-hydroxylation sites is 1. The Balaban J connectivity index is 0.00000225. The van der Waals surface area contributed by atoms with E-state index in [1.807, 2.05) is 24.8 Å². The highest BCUT2D eigenvalue weighted by Gasteiger charge is 2.47. The predicted octanol–water partition coefficient (Wildman–Crippen LogP) is 2.50. The number of piperazine rings is 1. The molecular formula is C18H25ClFN3O2. The summed E-state index contributed by atoms with van der Waals surface area (Å²) in [5.74, 6) is -0.359. The van der Waals surface area contributed by atoms with E-state index in [0.717, 1.165) is 0 Å². The van der Waals surface area contributed by atoms with Gasteiger partial charge >= 0.3 is 0 Å². The number of hydrogen-bond donors (Lipinski definition) is 0. The molecule has 0 aliphatic carbocycles. The van der Waals surface area contributed by atoms with Crippen LogP contribution >= 0.6 is 12.4 Å². The number of likely N-dealkylation sites (tertiary alicyclic amines) is 1. The number of anilines is 1. The van der Waals surface area contributed by atoms with E-state index < -0.39 is 5.41 Å². The van der Waals surface area contributed by atoms with Crippen LogP contribution in [0.3, 0.4) is 0 Å². The summed E-state index contributed by atoms with van der Waals surface area (Å²) in [7, 11) is 0. The standard InChI is InChI=1S/C18H24FN3O2.ClH/c1-3-18(2)12-16(23)22(17(18)24)13-20-8-10-21(11-9-20)15-7-5-4-6-14(15)19;/h4-7H,3,8-13H2,1-2H3;1H. The molecule has 1 unspecified atom stereocenters. The summed E-state index contributed by atoms with van der Waals surface area (Å²) in [4.78, 5) is 30.2. The quantitative estimate of drug-likeness (QED) is 0.765. The summed E-state index contributed by atoms with van der Waals surface area (Å²) in [5, 5.41) is 0. The third kappa shape index (κ3) is 3.80. The van der Waals surface area contributed by atoms with Crippen molar-refractivity contribution in [2.24, 2.45) is 5.41 Å². The molecule has 2 aliphatic heterocycles. The molecule has 1 aromatic carbocycles. The number of carbonyl (C=O) groups is 2. The number of carbonyl (C=O) groups excluding carboxylic acids is 2. The van der Waals surface area contributed by atoms with Crippen LogP contribution in [0.2, 0.25) is 0 Å². The third-order valence-corrected chi connectivity index (χ3v) is 5.29. The highest BCUT2D eigenvalue weighted by Crippen LogP contribution is 2.35. The Morgan fingerprint density at radius 3 is 2.32 bits per heavy atom. The fourth-order valence-electron chi connectivity index (χ4n) is 3.40. The average molecular weight is 370 g/mol. The number of nitrogens with zero attached hydrogens (tertiary/aromatic N) is 3. The van der Waals surface area contributed by atoms with Crippen molar-refractivity contribution in [1.82, 2.24) is 9.80 Å². The number of halogens is 2. The largest absolute Gasteiger partial charge is 0.367 e. The molecular weight excluding hydrogens is 345 g/mol. The summed E-state index contributed by atoms with van der Waals surface area (Å²) in [6.07, 6.45) is 0.979. The first kappa shape index (κ1) is 19.7. The highest BCUT2D eigenvalue weighted by atomic mass is 35.5. The maximum atomic E-state index is 13.9. The molecule has 25 heavy (non-hydrogen) atoms. The lowest BCUT2D eigenvalue weighted by molar-refractivity contribution is -0.143. The van der Waals surface area contributed by atoms with Crippen LogP contribution in [0.4, 0.5) is 10.1 Å². The Labute approximate surface area is 154 Å². The molecule has 5 nitrogen and oxygen atoms in total. The molecule has 2 heterocycles. The van der Waals surface area contributed by atoms with Gasteiger partial charge in [0, 0.05) is 32.6 Å². The van der Waals surface area contributed by atoms with E-state index in [4.69, 9.17) is 0 Å². The van der Waals surface area contributed by atoms with Gasteiger partial charge in [-0.25, -0.2) is 4.39 Å². The molecule has 2 amide bonds. The van der Waals surface area contributed by atoms with Crippen LogP contribution in [-0.4, -0.2) is 54.5 Å². The first-order chi connectivity index (χ1) is 11.4. The Bertz CT molecular complexity index is 649. The molecule has 138 valence electrons. The van der Waals surface area contributed by atoms with Crippen LogP contribution in [0.1, 0.15) is 26.7 Å². The second-order valence-electron chi connectivity index (χ2n) is 6.92. The van der Waals surface area contributed by atoms with Gasteiger partial charge in [0.15, 0.2) is 0 Å². The highest BCUT2D eigenvalue weighted by molar-refractivity contribution is 6.05. The fraction of sp³-hybridized carbons (Fsp3) is 0.556. The number of imide groups is 1. The van der Waals surface area contributed by atoms with Crippen molar-refractivity contribution >= 4 is 29.9 Å². The zero-order valence-electron chi connectivity index (χ0n) is 14.7. The van der Waals surface area contributed by atoms with Crippen molar-refractivity contribution in [3.8, 4) is 0 Å². The van der Waals surface area contributed by atoms with Crippen LogP contribution in [0.15, 0.2) is 24.3 Å². The van der Waals surface area contributed by atoms with E-state index in [9.17, 15) is 14.0 Å². The minimum Gasteiger partial charge on any atom is -0.367 e.